The Morgan fingerprint density at radius 3 is 2.47 bits per heavy atom. The average Bonchev–Trinajstić information content (AvgIpc) is 2.67. The monoisotopic (exact) mass is 255 g/mol. The molecule has 0 unspecified atom stereocenters. The van der Waals surface area contributed by atoms with E-state index in [0.29, 0.717) is 12.0 Å². The summed E-state index contributed by atoms with van der Waals surface area (Å²) >= 11 is 1.35. The molecule has 1 aromatic heterocycles. The molecule has 0 radical (unpaired) electrons. The maximum absolute atomic E-state index is 10.5. The van der Waals surface area contributed by atoms with Gasteiger partial charge in [-0.05, 0) is 38.0 Å². The van der Waals surface area contributed by atoms with Crippen molar-refractivity contribution < 1.29 is 5.11 Å². The maximum atomic E-state index is 10.5. The van der Waals surface area contributed by atoms with Gasteiger partial charge < -0.3 is 10.4 Å². The third-order valence-electron chi connectivity index (χ3n) is 3.63. The van der Waals surface area contributed by atoms with E-state index in [1.165, 1.54) is 11.5 Å². The van der Waals surface area contributed by atoms with E-state index in [1.54, 1.807) is 0 Å². The van der Waals surface area contributed by atoms with Crippen LogP contribution in [0.4, 0.5) is 5.13 Å². The molecule has 17 heavy (non-hydrogen) atoms. The van der Waals surface area contributed by atoms with Crippen LogP contribution in [-0.2, 0) is 0 Å². The van der Waals surface area contributed by atoms with Gasteiger partial charge in [0.1, 0.15) is 5.82 Å². The summed E-state index contributed by atoms with van der Waals surface area (Å²) in [5.41, 5.74) is -0.194. The number of nitrogens with zero attached hydrogens (tertiary/aromatic N) is 2. The molecule has 96 valence electrons. The fraction of sp³-hybridized carbons (Fsp3) is 0.833. The molecule has 0 amide bonds. The highest BCUT2D eigenvalue weighted by molar-refractivity contribution is 7.09. The number of hydrogen-bond acceptors (Lipinski definition) is 5. The predicted molar refractivity (Wildman–Crippen MR) is 70.3 cm³/mol. The van der Waals surface area contributed by atoms with Crippen LogP contribution in [0.3, 0.4) is 0 Å². The van der Waals surface area contributed by atoms with Gasteiger partial charge in [0.2, 0.25) is 5.13 Å². The Morgan fingerprint density at radius 1 is 1.29 bits per heavy atom. The molecular weight excluding hydrogens is 234 g/mol. The molecule has 1 aromatic rings. The molecule has 0 atom stereocenters. The maximum Gasteiger partial charge on any atom is 0.202 e. The summed E-state index contributed by atoms with van der Waals surface area (Å²) in [4.78, 5) is 4.24. The summed E-state index contributed by atoms with van der Waals surface area (Å²) in [6.45, 7) is 7.00. The zero-order valence-corrected chi connectivity index (χ0v) is 11.6. The summed E-state index contributed by atoms with van der Waals surface area (Å²) in [7, 11) is 0. The van der Waals surface area contributed by atoms with Crippen LogP contribution in [-0.4, -0.2) is 26.6 Å². The number of nitrogens with one attached hydrogen (secondary N) is 1. The van der Waals surface area contributed by atoms with Gasteiger partial charge >= 0.3 is 0 Å². The van der Waals surface area contributed by atoms with Crippen molar-refractivity contribution in [2.45, 2.75) is 52.1 Å². The zero-order chi connectivity index (χ0) is 12.5. The lowest BCUT2D eigenvalue weighted by molar-refractivity contribution is -0.0145. The van der Waals surface area contributed by atoms with E-state index in [1.807, 2.05) is 6.92 Å². The molecule has 2 rings (SSSR count). The van der Waals surface area contributed by atoms with Gasteiger partial charge in [0.15, 0.2) is 0 Å². The lowest BCUT2D eigenvalue weighted by atomic mass is 9.71. The molecule has 0 spiro atoms. The quantitative estimate of drug-likeness (QED) is 0.871. The molecule has 5 heteroatoms. The minimum atomic E-state index is -0.574. The first kappa shape index (κ1) is 12.8. The number of hydrogen-bond donors (Lipinski definition) is 2. The number of anilines is 1. The summed E-state index contributed by atoms with van der Waals surface area (Å²) in [5.74, 6) is 0.786. The van der Waals surface area contributed by atoms with Crippen LogP contribution in [0.2, 0.25) is 0 Å². The number of aryl methyl sites for hydroxylation is 1. The van der Waals surface area contributed by atoms with Crippen LogP contribution >= 0.6 is 11.5 Å². The van der Waals surface area contributed by atoms with Crippen LogP contribution in [0, 0.1) is 12.3 Å². The van der Waals surface area contributed by atoms with Crippen molar-refractivity contribution in [2.75, 3.05) is 11.9 Å². The molecule has 1 aliphatic rings. The second-order valence-corrected chi connectivity index (χ2v) is 6.64. The zero-order valence-electron chi connectivity index (χ0n) is 10.8. The molecule has 1 aliphatic carbocycles. The standard InChI is InChI=1S/C12H21N3OS/c1-9-14-10(17-15-9)13-8-12(16)6-4-11(2,3)5-7-12/h16H,4-8H2,1-3H3,(H,13,14,15). The number of aliphatic hydroxyl groups is 1. The molecule has 1 heterocycles. The van der Waals surface area contributed by atoms with Crippen molar-refractivity contribution >= 4 is 16.7 Å². The summed E-state index contributed by atoms with van der Waals surface area (Å²) in [6.07, 6.45) is 3.90. The van der Waals surface area contributed by atoms with E-state index < -0.39 is 5.60 Å². The fourth-order valence-corrected chi connectivity index (χ4v) is 2.75. The topological polar surface area (TPSA) is 58.0 Å². The molecule has 0 aliphatic heterocycles. The normalized spacial score (nSPS) is 22.4. The van der Waals surface area contributed by atoms with Crippen molar-refractivity contribution in [1.29, 1.82) is 0 Å². The van der Waals surface area contributed by atoms with Gasteiger partial charge in [-0.25, -0.2) is 4.98 Å². The van der Waals surface area contributed by atoms with E-state index in [-0.39, 0.29) is 0 Å². The molecule has 0 bridgehead atoms. The Kier molecular flexibility index (Phi) is 3.41. The Hall–Kier alpha value is -0.680. The smallest absolute Gasteiger partial charge is 0.202 e. The second kappa shape index (κ2) is 4.53. The first-order chi connectivity index (χ1) is 7.89. The second-order valence-electron chi connectivity index (χ2n) is 5.89. The van der Waals surface area contributed by atoms with Gasteiger partial charge in [0, 0.05) is 18.1 Å². The van der Waals surface area contributed by atoms with Crippen LogP contribution in [0.5, 0.6) is 0 Å². The Bertz CT molecular complexity index is 379. The first-order valence-corrected chi connectivity index (χ1v) is 6.93. The third-order valence-corrected chi connectivity index (χ3v) is 4.39. The molecular formula is C12H21N3OS. The van der Waals surface area contributed by atoms with Crippen molar-refractivity contribution in [1.82, 2.24) is 9.36 Å². The Balaban J connectivity index is 1.87. The van der Waals surface area contributed by atoms with Crippen molar-refractivity contribution in [3.8, 4) is 0 Å². The molecule has 2 N–H and O–H groups in total. The van der Waals surface area contributed by atoms with E-state index in [0.717, 1.165) is 36.6 Å². The predicted octanol–water partition coefficient (Wildman–Crippen LogP) is 2.59. The van der Waals surface area contributed by atoms with Gasteiger partial charge in [-0.15, -0.1) is 0 Å². The minimum Gasteiger partial charge on any atom is -0.388 e. The van der Waals surface area contributed by atoms with Gasteiger partial charge in [0.05, 0.1) is 5.60 Å². The highest BCUT2D eigenvalue weighted by Gasteiger charge is 2.36. The van der Waals surface area contributed by atoms with Crippen LogP contribution in [0.1, 0.15) is 45.4 Å². The van der Waals surface area contributed by atoms with E-state index in [4.69, 9.17) is 0 Å². The molecule has 4 nitrogen and oxygen atoms in total. The third kappa shape index (κ3) is 3.39. The average molecular weight is 255 g/mol. The summed E-state index contributed by atoms with van der Waals surface area (Å²) in [6, 6.07) is 0. The first-order valence-electron chi connectivity index (χ1n) is 6.15. The van der Waals surface area contributed by atoms with Crippen molar-refractivity contribution in [2.24, 2.45) is 5.41 Å². The molecule has 1 saturated carbocycles. The van der Waals surface area contributed by atoms with E-state index in [9.17, 15) is 5.11 Å². The van der Waals surface area contributed by atoms with Crippen LogP contribution in [0.25, 0.3) is 0 Å². The number of rotatable bonds is 3. The van der Waals surface area contributed by atoms with Crippen LogP contribution < -0.4 is 5.32 Å². The largest absolute Gasteiger partial charge is 0.388 e. The highest BCUT2D eigenvalue weighted by atomic mass is 32.1. The van der Waals surface area contributed by atoms with Gasteiger partial charge in [-0.1, -0.05) is 13.8 Å². The van der Waals surface area contributed by atoms with Crippen molar-refractivity contribution in [3.63, 3.8) is 0 Å². The van der Waals surface area contributed by atoms with E-state index >= 15 is 0 Å². The van der Waals surface area contributed by atoms with Crippen molar-refractivity contribution in [3.05, 3.63) is 5.82 Å². The molecule has 0 aromatic carbocycles. The number of aromatic nitrogens is 2. The Morgan fingerprint density at radius 2 is 1.94 bits per heavy atom. The lowest BCUT2D eigenvalue weighted by Gasteiger charge is -2.40. The van der Waals surface area contributed by atoms with E-state index in [2.05, 4.69) is 28.5 Å². The lowest BCUT2D eigenvalue weighted by Crippen LogP contribution is -2.42. The molecule has 1 fully saturated rings. The minimum absolute atomic E-state index is 0.381. The molecule has 0 saturated heterocycles. The van der Waals surface area contributed by atoms with Crippen LogP contribution in [0.15, 0.2) is 0 Å². The fourth-order valence-electron chi connectivity index (χ4n) is 2.18. The summed E-state index contributed by atoms with van der Waals surface area (Å²) in [5, 5.41) is 14.5. The van der Waals surface area contributed by atoms with Gasteiger partial charge in [0.25, 0.3) is 0 Å². The summed E-state index contributed by atoms with van der Waals surface area (Å²) < 4.78 is 4.11. The highest BCUT2D eigenvalue weighted by Crippen LogP contribution is 2.40. The van der Waals surface area contributed by atoms with Gasteiger partial charge in [-0.3, -0.25) is 0 Å². The van der Waals surface area contributed by atoms with Gasteiger partial charge in [-0.2, -0.15) is 4.37 Å². The SMILES string of the molecule is Cc1nsc(NCC2(O)CCC(C)(C)CC2)n1. The Labute approximate surface area is 107 Å².